The lowest BCUT2D eigenvalue weighted by molar-refractivity contribution is 0.0668. The molecule has 0 bridgehead atoms. The fraction of sp³-hybridized carbons (Fsp3) is 0.393. The largest absolute Gasteiger partial charge is 0.465 e. The van der Waals surface area contributed by atoms with E-state index in [1.165, 1.54) is 11.1 Å². The van der Waals surface area contributed by atoms with Crippen LogP contribution in [0, 0.1) is 19.8 Å². The summed E-state index contributed by atoms with van der Waals surface area (Å²) in [6.45, 7) is 11.9. The summed E-state index contributed by atoms with van der Waals surface area (Å²) in [5, 5.41) is 0. The molecule has 3 aromatic rings. The molecule has 4 rings (SSSR count). The molecular weight excluding hydrogens is 396 g/mol. The van der Waals surface area contributed by atoms with Crippen LogP contribution in [0.2, 0.25) is 0 Å². The Morgan fingerprint density at radius 2 is 1.72 bits per heavy atom. The minimum Gasteiger partial charge on any atom is -0.465 e. The van der Waals surface area contributed by atoms with Crippen molar-refractivity contribution in [3.05, 3.63) is 94.9 Å². The predicted octanol–water partition coefficient (Wildman–Crippen LogP) is 5.66. The van der Waals surface area contributed by atoms with Gasteiger partial charge in [0.05, 0.1) is 6.54 Å². The monoisotopic (exact) mass is 430 g/mol. The topological polar surface area (TPSA) is 36.7 Å². The van der Waals surface area contributed by atoms with Gasteiger partial charge in [-0.15, -0.1) is 0 Å². The minimum atomic E-state index is 0.115. The normalized spacial score (nSPS) is 18.9. The summed E-state index contributed by atoms with van der Waals surface area (Å²) in [6, 6.07) is 22.6. The molecule has 2 atom stereocenters. The number of nitrogens with zero attached hydrogens (tertiary/aromatic N) is 2. The fourth-order valence-corrected chi connectivity index (χ4v) is 4.95. The van der Waals surface area contributed by atoms with Crippen molar-refractivity contribution < 1.29 is 9.21 Å². The van der Waals surface area contributed by atoms with E-state index in [0.29, 0.717) is 11.8 Å². The molecule has 0 unspecified atom stereocenters. The molecule has 168 valence electrons. The highest BCUT2D eigenvalue weighted by Crippen LogP contribution is 2.36. The van der Waals surface area contributed by atoms with Gasteiger partial charge in [-0.05, 0) is 69.0 Å². The van der Waals surface area contributed by atoms with Gasteiger partial charge in [-0.2, -0.15) is 0 Å². The number of amides is 1. The van der Waals surface area contributed by atoms with Crippen LogP contribution in [0.4, 0.5) is 0 Å². The molecule has 1 fully saturated rings. The van der Waals surface area contributed by atoms with E-state index in [1.54, 1.807) is 0 Å². The van der Waals surface area contributed by atoms with Crippen LogP contribution < -0.4 is 0 Å². The molecule has 1 aliphatic rings. The SMILES string of the molecule is Cc1ccc(CN2C[C@H](CN(C(=O)c3ccccc3)C(C)C)[C@@H](c3ccccc3C)C2)o1. The highest BCUT2D eigenvalue weighted by atomic mass is 16.3. The third-order valence-corrected chi connectivity index (χ3v) is 6.62. The van der Waals surface area contributed by atoms with Crippen molar-refractivity contribution in [2.45, 2.75) is 46.2 Å². The van der Waals surface area contributed by atoms with Gasteiger partial charge in [0, 0.05) is 37.2 Å². The summed E-state index contributed by atoms with van der Waals surface area (Å²) >= 11 is 0. The van der Waals surface area contributed by atoms with E-state index in [9.17, 15) is 4.79 Å². The Hall–Kier alpha value is -2.85. The second-order valence-electron chi connectivity index (χ2n) is 9.35. The maximum absolute atomic E-state index is 13.4. The molecule has 0 saturated carbocycles. The van der Waals surface area contributed by atoms with Gasteiger partial charge in [0.1, 0.15) is 11.5 Å². The van der Waals surface area contributed by atoms with Crippen LogP contribution in [0.25, 0.3) is 0 Å². The Morgan fingerprint density at radius 1 is 1.00 bits per heavy atom. The van der Waals surface area contributed by atoms with Gasteiger partial charge in [-0.3, -0.25) is 9.69 Å². The molecule has 32 heavy (non-hydrogen) atoms. The number of carbonyl (C=O) groups excluding carboxylic acids is 1. The van der Waals surface area contributed by atoms with Crippen LogP contribution in [-0.2, 0) is 6.54 Å². The number of benzene rings is 2. The molecule has 0 radical (unpaired) electrons. The summed E-state index contributed by atoms with van der Waals surface area (Å²) in [4.78, 5) is 17.9. The minimum absolute atomic E-state index is 0.115. The molecule has 0 aliphatic carbocycles. The van der Waals surface area contributed by atoms with Crippen LogP contribution in [0.1, 0.15) is 52.8 Å². The number of carbonyl (C=O) groups is 1. The van der Waals surface area contributed by atoms with E-state index in [1.807, 2.05) is 48.2 Å². The van der Waals surface area contributed by atoms with Crippen molar-refractivity contribution in [3.63, 3.8) is 0 Å². The van der Waals surface area contributed by atoms with E-state index in [0.717, 1.165) is 43.3 Å². The molecule has 0 spiro atoms. The standard InChI is InChI=1S/C28H34N2O2/c1-20(2)30(28(31)23-11-6-5-7-12-23)17-24-16-29(18-25-15-14-22(4)32-25)19-27(24)26-13-9-8-10-21(26)3/h5-15,20,24,27H,16-19H2,1-4H3/t24-,27+/m1/s1. The number of furan rings is 1. The zero-order valence-electron chi connectivity index (χ0n) is 19.6. The number of rotatable bonds is 7. The van der Waals surface area contributed by atoms with E-state index in [4.69, 9.17) is 4.42 Å². The summed E-state index contributed by atoms with van der Waals surface area (Å²) in [7, 11) is 0. The number of likely N-dealkylation sites (tertiary alicyclic amines) is 1. The number of aryl methyl sites for hydroxylation is 2. The van der Waals surface area contributed by atoms with Crippen molar-refractivity contribution >= 4 is 5.91 Å². The third kappa shape index (κ3) is 4.97. The van der Waals surface area contributed by atoms with E-state index >= 15 is 0 Å². The first-order chi connectivity index (χ1) is 15.4. The van der Waals surface area contributed by atoms with Crippen molar-refractivity contribution in [2.75, 3.05) is 19.6 Å². The van der Waals surface area contributed by atoms with Crippen LogP contribution in [0.15, 0.2) is 71.1 Å². The Bertz CT molecular complexity index is 1040. The molecule has 0 N–H and O–H groups in total. The molecule has 4 nitrogen and oxygen atoms in total. The number of hydrogen-bond acceptors (Lipinski definition) is 3. The van der Waals surface area contributed by atoms with Gasteiger partial charge in [-0.25, -0.2) is 0 Å². The zero-order valence-corrected chi connectivity index (χ0v) is 19.6. The van der Waals surface area contributed by atoms with Crippen LogP contribution in [0.3, 0.4) is 0 Å². The second-order valence-corrected chi connectivity index (χ2v) is 9.35. The van der Waals surface area contributed by atoms with Crippen molar-refractivity contribution in [1.29, 1.82) is 0 Å². The maximum Gasteiger partial charge on any atom is 0.254 e. The van der Waals surface area contributed by atoms with Gasteiger partial charge in [-0.1, -0.05) is 42.5 Å². The van der Waals surface area contributed by atoms with Gasteiger partial charge in [0.2, 0.25) is 0 Å². The van der Waals surface area contributed by atoms with Gasteiger partial charge in [0.25, 0.3) is 5.91 Å². The summed E-state index contributed by atoms with van der Waals surface area (Å²) in [5.74, 6) is 2.82. The molecule has 4 heteroatoms. The molecule has 1 amide bonds. The Kier molecular flexibility index (Phi) is 6.80. The smallest absolute Gasteiger partial charge is 0.254 e. The van der Waals surface area contributed by atoms with Gasteiger partial charge < -0.3 is 9.32 Å². The first kappa shape index (κ1) is 22.3. The van der Waals surface area contributed by atoms with Crippen LogP contribution >= 0.6 is 0 Å². The fourth-order valence-electron chi connectivity index (χ4n) is 4.95. The molecule has 1 aromatic heterocycles. The predicted molar refractivity (Wildman–Crippen MR) is 129 cm³/mol. The van der Waals surface area contributed by atoms with Gasteiger partial charge in [0.15, 0.2) is 0 Å². The molecule has 2 aromatic carbocycles. The number of hydrogen-bond donors (Lipinski definition) is 0. The molecule has 2 heterocycles. The zero-order chi connectivity index (χ0) is 22.7. The van der Waals surface area contributed by atoms with Crippen LogP contribution in [-0.4, -0.2) is 41.4 Å². The second kappa shape index (κ2) is 9.74. The first-order valence-corrected chi connectivity index (χ1v) is 11.6. The Morgan fingerprint density at radius 3 is 2.38 bits per heavy atom. The highest BCUT2D eigenvalue weighted by Gasteiger charge is 2.37. The average molecular weight is 431 g/mol. The first-order valence-electron chi connectivity index (χ1n) is 11.6. The molecule has 1 saturated heterocycles. The van der Waals surface area contributed by atoms with Crippen LogP contribution in [0.5, 0.6) is 0 Å². The van der Waals surface area contributed by atoms with E-state index < -0.39 is 0 Å². The average Bonchev–Trinajstić information content (AvgIpc) is 3.38. The molecular formula is C28H34N2O2. The van der Waals surface area contributed by atoms with Gasteiger partial charge >= 0.3 is 0 Å². The summed E-state index contributed by atoms with van der Waals surface area (Å²) < 4.78 is 5.85. The van der Waals surface area contributed by atoms with Crippen molar-refractivity contribution in [1.82, 2.24) is 9.80 Å². The Labute approximate surface area is 191 Å². The quantitative estimate of drug-likeness (QED) is 0.485. The Balaban J connectivity index is 1.59. The summed E-state index contributed by atoms with van der Waals surface area (Å²) in [6.07, 6.45) is 0. The maximum atomic E-state index is 13.4. The van der Waals surface area contributed by atoms with Crippen molar-refractivity contribution in [2.24, 2.45) is 5.92 Å². The molecule has 1 aliphatic heterocycles. The lowest BCUT2D eigenvalue weighted by Gasteiger charge is -2.32. The van der Waals surface area contributed by atoms with E-state index in [-0.39, 0.29) is 11.9 Å². The summed E-state index contributed by atoms with van der Waals surface area (Å²) in [5.41, 5.74) is 3.48. The third-order valence-electron chi connectivity index (χ3n) is 6.62. The highest BCUT2D eigenvalue weighted by molar-refractivity contribution is 5.94. The van der Waals surface area contributed by atoms with E-state index in [2.05, 4.69) is 56.0 Å². The lowest BCUT2D eigenvalue weighted by atomic mass is 9.86. The lowest BCUT2D eigenvalue weighted by Crippen LogP contribution is -2.42. The van der Waals surface area contributed by atoms with Crippen molar-refractivity contribution in [3.8, 4) is 0 Å².